The number of carbonyl (C=O) groups excluding carboxylic acids is 1. The Morgan fingerprint density at radius 3 is 2.05 bits per heavy atom. The fourth-order valence-corrected chi connectivity index (χ4v) is 2.30. The number of rotatable bonds is 6. The predicted molar refractivity (Wildman–Crippen MR) is 70.0 cm³/mol. The van der Waals surface area contributed by atoms with Crippen LogP contribution >= 0.6 is 0 Å². The lowest BCUT2D eigenvalue weighted by molar-refractivity contribution is -0.150. The van der Waals surface area contributed by atoms with E-state index in [2.05, 4.69) is 0 Å². The second-order valence-electron chi connectivity index (χ2n) is 4.64. The summed E-state index contributed by atoms with van der Waals surface area (Å²) in [5.74, 6) is -2.57. The molecule has 0 aromatic heterocycles. The third-order valence-electron chi connectivity index (χ3n) is 3.37. The van der Waals surface area contributed by atoms with Gasteiger partial charge in [-0.15, -0.1) is 0 Å². The zero-order valence-corrected chi connectivity index (χ0v) is 11.2. The van der Waals surface area contributed by atoms with Crippen LogP contribution in [0.4, 0.5) is 0 Å². The summed E-state index contributed by atoms with van der Waals surface area (Å²) in [6, 6.07) is 3.92. The van der Waals surface area contributed by atoms with Gasteiger partial charge in [0.15, 0.2) is 0 Å². The average Bonchev–Trinajstić information content (AvgIpc) is 2.46. The van der Waals surface area contributed by atoms with Crippen LogP contribution in [0, 0.1) is 34.5 Å². The van der Waals surface area contributed by atoms with Gasteiger partial charge in [0.05, 0.1) is 36.8 Å². The Bertz CT molecular complexity index is 455. The summed E-state index contributed by atoms with van der Waals surface area (Å²) in [5, 5.41) is 26.4. The number of amides is 1. The molecule has 0 aliphatic heterocycles. The van der Waals surface area contributed by atoms with Crippen LogP contribution in [0.1, 0.15) is 25.7 Å². The van der Waals surface area contributed by atoms with Crippen molar-refractivity contribution < 1.29 is 14.7 Å². The van der Waals surface area contributed by atoms with Gasteiger partial charge in [-0.2, -0.15) is 10.5 Å². The van der Waals surface area contributed by atoms with Crippen molar-refractivity contribution in [2.24, 2.45) is 11.8 Å². The Morgan fingerprint density at radius 2 is 1.60 bits per heavy atom. The highest BCUT2D eigenvalue weighted by Crippen LogP contribution is 2.27. The largest absolute Gasteiger partial charge is 0.481 e. The zero-order valence-electron chi connectivity index (χ0n) is 11.2. The molecule has 1 amide bonds. The first-order chi connectivity index (χ1) is 9.61. The topological polar surface area (TPSA) is 105 Å². The molecule has 0 aromatic rings. The molecule has 6 heteroatoms. The molecule has 6 nitrogen and oxygen atoms in total. The minimum atomic E-state index is -0.979. The van der Waals surface area contributed by atoms with Crippen LogP contribution in [-0.4, -0.2) is 35.0 Å². The number of nitriles is 2. The number of allylic oxidation sites excluding steroid dienone is 2. The van der Waals surface area contributed by atoms with Crippen molar-refractivity contribution in [2.75, 3.05) is 13.1 Å². The first-order valence-electron chi connectivity index (χ1n) is 6.52. The second kappa shape index (κ2) is 7.96. The monoisotopic (exact) mass is 275 g/mol. The normalized spacial score (nSPS) is 20.7. The number of aliphatic carboxylic acids is 1. The van der Waals surface area contributed by atoms with Crippen LogP contribution in [0.2, 0.25) is 0 Å². The molecular formula is C14H17N3O3. The number of carbonyl (C=O) groups is 2. The SMILES string of the molecule is N#CCCN(CCC#N)C(=O)C1CC=CCC1C(=O)O. The Kier molecular flexibility index (Phi) is 6.25. The van der Waals surface area contributed by atoms with Crippen molar-refractivity contribution in [2.45, 2.75) is 25.7 Å². The van der Waals surface area contributed by atoms with E-state index < -0.39 is 17.8 Å². The minimum Gasteiger partial charge on any atom is -0.481 e. The Balaban J connectivity index is 2.81. The summed E-state index contributed by atoms with van der Waals surface area (Å²) in [4.78, 5) is 25.1. The third-order valence-corrected chi connectivity index (χ3v) is 3.37. The van der Waals surface area contributed by atoms with Crippen molar-refractivity contribution in [1.82, 2.24) is 4.90 Å². The molecule has 2 atom stereocenters. The maximum absolute atomic E-state index is 12.4. The molecular weight excluding hydrogens is 258 g/mol. The maximum Gasteiger partial charge on any atom is 0.307 e. The highest BCUT2D eigenvalue weighted by molar-refractivity contribution is 5.85. The molecule has 106 valence electrons. The van der Waals surface area contributed by atoms with Gasteiger partial charge in [-0.1, -0.05) is 12.2 Å². The van der Waals surface area contributed by atoms with E-state index in [1.54, 1.807) is 6.08 Å². The Morgan fingerprint density at radius 1 is 1.10 bits per heavy atom. The second-order valence-corrected chi connectivity index (χ2v) is 4.64. The molecule has 0 fully saturated rings. The van der Waals surface area contributed by atoms with Gasteiger partial charge in [0.25, 0.3) is 0 Å². The lowest BCUT2D eigenvalue weighted by atomic mass is 9.82. The van der Waals surface area contributed by atoms with E-state index in [0.717, 1.165) is 0 Å². The van der Waals surface area contributed by atoms with E-state index >= 15 is 0 Å². The number of carboxylic acids is 1. The minimum absolute atomic E-state index is 0.178. The zero-order chi connectivity index (χ0) is 15.0. The molecule has 1 aliphatic carbocycles. The summed E-state index contributed by atoms with van der Waals surface area (Å²) in [6.07, 6.45) is 4.68. The first kappa shape index (κ1) is 15.7. The molecule has 0 saturated carbocycles. The summed E-state index contributed by atoms with van der Waals surface area (Å²) in [5.41, 5.74) is 0. The smallest absolute Gasteiger partial charge is 0.307 e. The standard InChI is InChI=1S/C14H17N3O3/c15-7-3-9-17(10-4-8-16)13(18)11-5-1-2-6-12(11)14(19)20/h1-2,11-12H,3-6,9-10H2,(H,19,20). The first-order valence-corrected chi connectivity index (χ1v) is 6.52. The van der Waals surface area contributed by atoms with Gasteiger partial charge in [-0.3, -0.25) is 9.59 Å². The maximum atomic E-state index is 12.4. The van der Waals surface area contributed by atoms with Crippen LogP contribution in [0.25, 0.3) is 0 Å². The van der Waals surface area contributed by atoms with Crippen LogP contribution in [0.3, 0.4) is 0 Å². The third kappa shape index (κ3) is 4.10. The Hall–Kier alpha value is -2.34. The molecule has 0 heterocycles. The summed E-state index contributed by atoms with van der Waals surface area (Å²) in [7, 11) is 0. The molecule has 0 radical (unpaired) electrons. The summed E-state index contributed by atoms with van der Waals surface area (Å²) in [6.45, 7) is 0.479. The molecule has 20 heavy (non-hydrogen) atoms. The van der Waals surface area contributed by atoms with E-state index in [1.807, 2.05) is 18.2 Å². The van der Waals surface area contributed by atoms with Gasteiger partial charge in [-0.25, -0.2) is 0 Å². The van der Waals surface area contributed by atoms with E-state index in [-0.39, 0.29) is 31.8 Å². The molecule has 2 unspecified atom stereocenters. The lowest BCUT2D eigenvalue weighted by Crippen LogP contribution is -2.42. The van der Waals surface area contributed by atoms with Crippen LogP contribution < -0.4 is 0 Å². The van der Waals surface area contributed by atoms with Crippen molar-refractivity contribution in [3.05, 3.63) is 12.2 Å². The molecule has 1 rings (SSSR count). The molecule has 1 aliphatic rings. The highest BCUT2D eigenvalue weighted by atomic mass is 16.4. The molecule has 0 aromatic carbocycles. The van der Waals surface area contributed by atoms with Crippen LogP contribution in [0.15, 0.2) is 12.2 Å². The molecule has 1 N–H and O–H groups in total. The fraction of sp³-hybridized carbons (Fsp3) is 0.571. The number of hydrogen-bond acceptors (Lipinski definition) is 4. The number of nitrogens with zero attached hydrogens (tertiary/aromatic N) is 3. The average molecular weight is 275 g/mol. The van der Waals surface area contributed by atoms with E-state index in [9.17, 15) is 14.7 Å². The highest BCUT2D eigenvalue weighted by Gasteiger charge is 2.36. The predicted octanol–water partition coefficient (Wildman–Crippen LogP) is 1.31. The van der Waals surface area contributed by atoms with E-state index in [1.165, 1.54) is 4.90 Å². The van der Waals surface area contributed by atoms with Gasteiger partial charge in [0, 0.05) is 13.1 Å². The van der Waals surface area contributed by atoms with Gasteiger partial charge in [-0.05, 0) is 12.8 Å². The van der Waals surface area contributed by atoms with E-state index in [4.69, 9.17) is 10.5 Å². The fourth-order valence-electron chi connectivity index (χ4n) is 2.30. The summed E-state index contributed by atoms with van der Waals surface area (Å²) >= 11 is 0. The quantitative estimate of drug-likeness (QED) is 0.736. The number of carboxylic acid groups (broad SMARTS) is 1. The van der Waals surface area contributed by atoms with Gasteiger partial charge in [0.1, 0.15) is 0 Å². The molecule has 0 saturated heterocycles. The van der Waals surface area contributed by atoms with Crippen molar-refractivity contribution >= 4 is 11.9 Å². The molecule has 0 bridgehead atoms. The van der Waals surface area contributed by atoms with Crippen molar-refractivity contribution in [3.63, 3.8) is 0 Å². The summed E-state index contributed by atoms with van der Waals surface area (Å²) < 4.78 is 0. The van der Waals surface area contributed by atoms with Gasteiger partial charge < -0.3 is 10.0 Å². The lowest BCUT2D eigenvalue weighted by Gasteiger charge is -2.30. The van der Waals surface area contributed by atoms with Gasteiger partial charge >= 0.3 is 5.97 Å². The van der Waals surface area contributed by atoms with E-state index in [0.29, 0.717) is 12.8 Å². The van der Waals surface area contributed by atoms with Crippen molar-refractivity contribution in [3.8, 4) is 12.1 Å². The van der Waals surface area contributed by atoms with Crippen molar-refractivity contribution in [1.29, 1.82) is 10.5 Å². The Labute approximate surface area is 117 Å². The van der Waals surface area contributed by atoms with Crippen LogP contribution in [0.5, 0.6) is 0 Å². The van der Waals surface area contributed by atoms with Crippen LogP contribution in [-0.2, 0) is 9.59 Å². The van der Waals surface area contributed by atoms with Gasteiger partial charge in [0.2, 0.25) is 5.91 Å². The number of hydrogen-bond donors (Lipinski definition) is 1. The molecule has 0 spiro atoms.